The molecular formula is C21H28N6O4Si. The van der Waals surface area contributed by atoms with E-state index in [-0.39, 0.29) is 30.0 Å². The fraction of sp³-hybridized carbons (Fsp3) is 0.476. The maximum Gasteiger partial charge on any atom is 0.290 e. The van der Waals surface area contributed by atoms with E-state index in [0.717, 1.165) is 5.52 Å². The van der Waals surface area contributed by atoms with Gasteiger partial charge < -0.3 is 26.3 Å². The molecule has 170 valence electrons. The van der Waals surface area contributed by atoms with Crippen molar-refractivity contribution in [3.05, 3.63) is 30.1 Å². The molecule has 5 N–H and O–H groups in total. The maximum atomic E-state index is 13.3. The van der Waals surface area contributed by atoms with Crippen LogP contribution in [0.3, 0.4) is 0 Å². The zero-order valence-corrected chi connectivity index (χ0v) is 19.2. The summed E-state index contributed by atoms with van der Waals surface area (Å²) in [4.78, 5) is 59.4. The topological polar surface area (TPSA) is 150 Å². The van der Waals surface area contributed by atoms with Crippen LogP contribution in [0.4, 0.5) is 0 Å². The number of hydrogen-bond donors (Lipinski definition) is 4. The third-order valence-corrected chi connectivity index (χ3v) is 8.91. The summed E-state index contributed by atoms with van der Waals surface area (Å²) in [7, 11) is -1.87. The number of imidazole rings is 1. The molecule has 3 atom stereocenters. The van der Waals surface area contributed by atoms with Gasteiger partial charge >= 0.3 is 0 Å². The van der Waals surface area contributed by atoms with E-state index >= 15 is 0 Å². The van der Waals surface area contributed by atoms with E-state index in [9.17, 15) is 19.2 Å². The highest BCUT2D eigenvalue weighted by Gasteiger charge is 2.46. The second kappa shape index (κ2) is 8.38. The van der Waals surface area contributed by atoms with Gasteiger partial charge in [0, 0.05) is 18.6 Å². The summed E-state index contributed by atoms with van der Waals surface area (Å²) in [5, 5.41) is 5.43. The predicted octanol–water partition coefficient (Wildman–Crippen LogP) is 0.131. The quantitative estimate of drug-likeness (QED) is 0.456. The fourth-order valence-corrected chi connectivity index (χ4v) is 7.44. The Morgan fingerprint density at radius 1 is 1.31 bits per heavy atom. The molecule has 0 radical (unpaired) electrons. The van der Waals surface area contributed by atoms with Gasteiger partial charge in [0.15, 0.2) is 5.82 Å². The Labute approximate surface area is 186 Å². The molecule has 2 aliphatic heterocycles. The van der Waals surface area contributed by atoms with Crippen molar-refractivity contribution in [1.82, 2.24) is 25.5 Å². The molecule has 1 aromatic heterocycles. The first kappa shape index (κ1) is 22.0. The molecule has 4 amide bonds. The second-order valence-corrected chi connectivity index (χ2v) is 14.4. The molecule has 0 unspecified atom stereocenters. The lowest BCUT2D eigenvalue weighted by Crippen LogP contribution is -2.53. The van der Waals surface area contributed by atoms with E-state index in [1.807, 2.05) is 24.3 Å². The van der Waals surface area contributed by atoms with Gasteiger partial charge in [-0.3, -0.25) is 19.2 Å². The van der Waals surface area contributed by atoms with Gasteiger partial charge in [-0.05, 0) is 31.0 Å². The molecule has 0 aliphatic carbocycles. The van der Waals surface area contributed by atoms with Gasteiger partial charge in [0.2, 0.25) is 17.7 Å². The van der Waals surface area contributed by atoms with Crippen LogP contribution < -0.4 is 16.4 Å². The van der Waals surface area contributed by atoms with Crippen LogP contribution in [-0.2, 0) is 14.4 Å². The number of benzene rings is 1. The minimum absolute atomic E-state index is 0.137. The molecule has 3 heterocycles. The predicted molar refractivity (Wildman–Crippen MR) is 120 cm³/mol. The first-order valence-electron chi connectivity index (χ1n) is 10.8. The van der Waals surface area contributed by atoms with Crippen molar-refractivity contribution < 1.29 is 19.2 Å². The number of para-hydroxylation sites is 2. The molecule has 0 bridgehead atoms. The van der Waals surface area contributed by atoms with E-state index in [2.05, 4.69) is 33.7 Å². The molecule has 32 heavy (non-hydrogen) atoms. The van der Waals surface area contributed by atoms with Crippen LogP contribution in [0.1, 0.15) is 23.5 Å². The monoisotopic (exact) mass is 456 g/mol. The van der Waals surface area contributed by atoms with Gasteiger partial charge in [-0.25, -0.2) is 4.98 Å². The maximum absolute atomic E-state index is 13.3. The van der Waals surface area contributed by atoms with Crippen LogP contribution in [0.25, 0.3) is 11.0 Å². The van der Waals surface area contributed by atoms with E-state index in [1.165, 1.54) is 0 Å². The number of aromatic amines is 1. The van der Waals surface area contributed by atoms with Crippen LogP contribution >= 0.6 is 0 Å². The summed E-state index contributed by atoms with van der Waals surface area (Å²) in [6.45, 7) is 4.78. The minimum Gasteiger partial charge on any atom is -0.368 e. The number of fused-ring (bicyclic) bond motifs is 1. The second-order valence-electron chi connectivity index (χ2n) is 9.40. The average molecular weight is 457 g/mol. The molecule has 0 spiro atoms. The van der Waals surface area contributed by atoms with Crippen LogP contribution in [-0.4, -0.2) is 71.4 Å². The number of carbonyl (C=O) groups excluding carboxylic acids is 4. The molecule has 11 heteroatoms. The Hall–Kier alpha value is -3.21. The number of hydrogen-bond acceptors (Lipinski definition) is 5. The smallest absolute Gasteiger partial charge is 0.290 e. The van der Waals surface area contributed by atoms with E-state index < -0.39 is 32.0 Å². The average Bonchev–Trinajstić information content (AvgIpc) is 3.43. The van der Waals surface area contributed by atoms with Crippen molar-refractivity contribution in [3.63, 3.8) is 0 Å². The van der Waals surface area contributed by atoms with Gasteiger partial charge in [-0.15, -0.1) is 0 Å². The Morgan fingerprint density at radius 2 is 2.06 bits per heavy atom. The number of carbonyl (C=O) groups is 4. The first-order chi connectivity index (χ1) is 15.1. The lowest BCUT2D eigenvalue weighted by molar-refractivity contribution is -0.130. The number of H-pyrrole nitrogens is 1. The molecule has 10 nitrogen and oxygen atoms in total. The summed E-state index contributed by atoms with van der Waals surface area (Å²) in [5.41, 5.74) is 6.94. The Balaban J connectivity index is 1.52. The van der Waals surface area contributed by atoms with Crippen molar-refractivity contribution in [3.8, 4) is 0 Å². The van der Waals surface area contributed by atoms with E-state index in [1.54, 1.807) is 4.90 Å². The van der Waals surface area contributed by atoms with Crippen molar-refractivity contribution >= 4 is 42.7 Å². The Bertz CT molecular complexity index is 1050. The van der Waals surface area contributed by atoms with Gasteiger partial charge in [0.1, 0.15) is 12.1 Å². The number of aromatic nitrogens is 2. The minimum atomic E-state index is -1.87. The van der Waals surface area contributed by atoms with Gasteiger partial charge in [0.05, 0.1) is 19.1 Å². The summed E-state index contributed by atoms with van der Waals surface area (Å²) in [6, 6.07) is 6.23. The summed E-state index contributed by atoms with van der Waals surface area (Å²) < 4.78 is 0. The van der Waals surface area contributed by atoms with Crippen LogP contribution in [0.15, 0.2) is 24.3 Å². The third-order valence-electron chi connectivity index (χ3n) is 6.22. The third kappa shape index (κ3) is 4.38. The lowest BCUT2D eigenvalue weighted by atomic mass is 9.97. The number of amides is 4. The standard InChI is InChI=1S/C21H28N6O4Si/c1-32(2)10-16(20(30)26-15(17(22)28)9-12-7-8-23-19(12)29)27(11-32)21(31)18-24-13-5-3-4-6-14(13)25-18/h3-6,12,15-16H,7-11H2,1-2H3,(H2,22,28)(H,23,29)(H,24,25)(H,26,30)/t12-,15-,16-/m0/s1. The molecular weight excluding hydrogens is 428 g/mol. The molecule has 2 aliphatic rings. The zero-order chi connectivity index (χ0) is 23.0. The number of nitrogens with zero attached hydrogens (tertiary/aromatic N) is 2. The molecule has 2 aromatic rings. The van der Waals surface area contributed by atoms with Gasteiger partial charge in [-0.1, -0.05) is 25.2 Å². The highest BCUT2D eigenvalue weighted by molar-refractivity contribution is 6.79. The molecule has 2 saturated heterocycles. The van der Waals surface area contributed by atoms with Crippen molar-refractivity contribution in [2.75, 3.05) is 12.7 Å². The molecule has 4 rings (SSSR count). The number of rotatable bonds is 6. The summed E-state index contributed by atoms with van der Waals surface area (Å²) >= 11 is 0. The highest BCUT2D eigenvalue weighted by atomic mass is 28.3. The first-order valence-corrected chi connectivity index (χ1v) is 14.2. The lowest BCUT2D eigenvalue weighted by Gasteiger charge is -2.26. The summed E-state index contributed by atoms with van der Waals surface area (Å²) in [6.07, 6.45) is 1.25. The summed E-state index contributed by atoms with van der Waals surface area (Å²) in [5.74, 6) is -1.77. The molecule has 1 aromatic carbocycles. The fourth-order valence-electron chi connectivity index (χ4n) is 4.58. The van der Waals surface area contributed by atoms with Crippen LogP contribution in [0, 0.1) is 5.92 Å². The Kier molecular flexibility index (Phi) is 5.76. The van der Waals surface area contributed by atoms with Gasteiger partial charge in [0.25, 0.3) is 5.91 Å². The van der Waals surface area contributed by atoms with E-state index in [0.29, 0.717) is 30.7 Å². The normalized spacial score (nSPS) is 23.2. The SMILES string of the molecule is C[Si]1(C)C[C@@H](C(=O)N[C@@H](C[C@@H]2CCNC2=O)C(N)=O)N(C(=O)c2nc3ccccc3[nH]2)C1. The number of primary amides is 1. The van der Waals surface area contributed by atoms with Gasteiger partial charge in [-0.2, -0.15) is 0 Å². The molecule has 0 saturated carbocycles. The number of nitrogens with two attached hydrogens (primary N) is 1. The Morgan fingerprint density at radius 3 is 2.72 bits per heavy atom. The highest BCUT2D eigenvalue weighted by Crippen LogP contribution is 2.29. The van der Waals surface area contributed by atoms with Crippen LogP contribution in [0.5, 0.6) is 0 Å². The zero-order valence-electron chi connectivity index (χ0n) is 18.2. The van der Waals surface area contributed by atoms with Crippen LogP contribution in [0.2, 0.25) is 19.1 Å². The molecule has 2 fully saturated rings. The largest absolute Gasteiger partial charge is 0.368 e. The van der Waals surface area contributed by atoms with E-state index in [4.69, 9.17) is 5.73 Å². The van der Waals surface area contributed by atoms with Crippen molar-refractivity contribution in [2.24, 2.45) is 11.7 Å². The van der Waals surface area contributed by atoms with Crippen molar-refractivity contribution in [1.29, 1.82) is 0 Å². The van der Waals surface area contributed by atoms with Crippen molar-refractivity contribution in [2.45, 2.75) is 44.1 Å². The number of nitrogens with one attached hydrogen (secondary N) is 3.